The van der Waals surface area contributed by atoms with Gasteiger partial charge in [-0.05, 0) is 43.2 Å². The average molecular weight is 488 g/mol. The number of nitrogens with zero attached hydrogens (tertiary/aromatic N) is 4. The summed E-state index contributed by atoms with van der Waals surface area (Å²) >= 11 is 1.61. The van der Waals surface area contributed by atoms with Crippen LogP contribution in [-0.2, 0) is 19.6 Å². The molecule has 4 heterocycles. The molecule has 2 fully saturated rings. The summed E-state index contributed by atoms with van der Waals surface area (Å²) in [5.41, 5.74) is 1.64. The van der Waals surface area contributed by atoms with Gasteiger partial charge in [-0.1, -0.05) is 11.3 Å². The van der Waals surface area contributed by atoms with Gasteiger partial charge in [0.15, 0.2) is 5.13 Å². The number of benzene rings is 1. The van der Waals surface area contributed by atoms with E-state index in [1.807, 2.05) is 18.2 Å². The van der Waals surface area contributed by atoms with Crippen molar-refractivity contribution in [3.8, 4) is 0 Å². The molecule has 33 heavy (non-hydrogen) atoms. The highest BCUT2D eigenvalue weighted by Gasteiger charge is 2.32. The molecule has 2 aromatic heterocycles. The third-order valence-electron chi connectivity index (χ3n) is 6.02. The molecule has 0 saturated carbocycles. The normalized spacial score (nSPS) is 18.5. The molecule has 9 nitrogen and oxygen atoms in total. The van der Waals surface area contributed by atoms with E-state index < -0.39 is 10.0 Å². The molecule has 0 aliphatic carbocycles. The van der Waals surface area contributed by atoms with Crippen LogP contribution in [-0.4, -0.2) is 68.0 Å². The van der Waals surface area contributed by atoms with Gasteiger partial charge in [0, 0.05) is 50.2 Å². The van der Waals surface area contributed by atoms with Gasteiger partial charge < -0.3 is 15.0 Å². The van der Waals surface area contributed by atoms with Crippen LogP contribution in [0.4, 0.5) is 10.8 Å². The summed E-state index contributed by atoms with van der Waals surface area (Å²) in [4.78, 5) is 23.9. The number of hydrogen-bond donors (Lipinski definition) is 1. The number of morpholine rings is 1. The Hall–Kier alpha value is -2.60. The number of nitrogens with one attached hydrogen (secondary N) is 1. The van der Waals surface area contributed by atoms with Gasteiger partial charge in [-0.2, -0.15) is 4.31 Å². The van der Waals surface area contributed by atoms with Crippen LogP contribution in [0.3, 0.4) is 0 Å². The molecule has 3 aromatic rings. The van der Waals surface area contributed by atoms with Crippen molar-refractivity contribution in [2.45, 2.75) is 17.7 Å². The Morgan fingerprint density at radius 2 is 1.91 bits per heavy atom. The summed E-state index contributed by atoms with van der Waals surface area (Å²) in [6.07, 6.45) is 3.86. The van der Waals surface area contributed by atoms with Crippen LogP contribution in [0.5, 0.6) is 0 Å². The number of aromatic nitrogens is 2. The molecular weight excluding hydrogens is 462 g/mol. The second-order valence-electron chi connectivity index (χ2n) is 8.13. The number of pyridine rings is 1. The summed E-state index contributed by atoms with van der Waals surface area (Å²) in [5.74, 6) is -0.308. The fourth-order valence-corrected chi connectivity index (χ4v) is 6.62. The minimum atomic E-state index is -3.58. The Bertz CT molecular complexity index is 1230. The Labute approximate surface area is 196 Å². The van der Waals surface area contributed by atoms with Gasteiger partial charge in [0.05, 0.1) is 23.4 Å². The summed E-state index contributed by atoms with van der Waals surface area (Å²) in [5, 5.41) is 3.98. The quantitative estimate of drug-likeness (QED) is 0.590. The van der Waals surface area contributed by atoms with Crippen LogP contribution in [0.1, 0.15) is 12.8 Å². The van der Waals surface area contributed by atoms with E-state index >= 15 is 0 Å². The molecule has 0 radical (unpaired) electrons. The molecule has 0 unspecified atom stereocenters. The monoisotopic (exact) mass is 487 g/mol. The highest BCUT2D eigenvalue weighted by Crippen LogP contribution is 2.32. The molecule has 2 aliphatic rings. The minimum Gasteiger partial charge on any atom is -0.378 e. The molecule has 1 amide bonds. The van der Waals surface area contributed by atoms with Gasteiger partial charge in [0.25, 0.3) is 0 Å². The molecule has 0 spiro atoms. The second kappa shape index (κ2) is 9.34. The van der Waals surface area contributed by atoms with Gasteiger partial charge in [-0.15, -0.1) is 0 Å². The van der Waals surface area contributed by atoms with Gasteiger partial charge >= 0.3 is 0 Å². The Morgan fingerprint density at radius 1 is 1.12 bits per heavy atom. The molecule has 11 heteroatoms. The predicted octanol–water partition coefficient (Wildman–Crippen LogP) is 2.57. The summed E-state index contributed by atoms with van der Waals surface area (Å²) in [7, 11) is -3.58. The SMILES string of the molecule is O=C(Nc1ccc2nc(N3CCOCC3)sc2c1)C1CCN(S(=O)(=O)c2cccnc2)CC1. The molecular formula is C22H25N5O4S2. The molecule has 1 aromatic carbocycles. The van der Waals surface area contributed by atoms with E-state index in [2.05, 4.69) is 15.2 Å². The number of thiazole rings is 1. The van der Waals surface area contributed by atoms with Crippen LogP contribution in [0.25, 0.3) is 10.2 Å². The van der Waals surface area contributed by atoms with Gasteiger partial charge in [0.1, 0.15) is 4.90 Å². The van der Waals surface area contributed by atoms with E-state index in [0.29, 0.717) is 39.1 Å². The maximum absolute atomic E-state index is 12.9. The lowest BCUT2D eigenvalue weighted by atomic mass is 9.97. The number of hydrogen-bond acceptors (Lipinski definition) is 8. The lowest BCUT2D eigenvalue weighted by Gasteiger charge is -2.30. The Balaban J connectivity index is 1.21. The van der Waals surface area contributed by atoms with E-state index in [9.17, 15) is 13.2 Å². The highest BCUT2D eigenvalue weighted by molar-refractivity contribution is 7.89. The Kier molecular flexibility index (Phi) is 6.28. The minimum absolute atomic E-state index is 0.0781. The van der Waals surface area contributed by atoms with Gasteiger partial charge in [0.2, 0.25) is 15.9 Å². The third-order valence-corrected chi connectivity index (χ3v) is 8.98. The van der Waals surface area contributed by atoms with Crippen molar-refractivity contribution in [3.63, 3.8) is 0 Å². The number of amides is 1. The van der Waals surface area contributed by atoms with Crippen molar-refractivity contribution in [2.75, 3.05) is 49.6 Å². The zero-order valence-corrected chi connectivity index (χ0v) is 19.6. The fourth-order valence-electron chi connectivity index (χ4n) is 4.13. The van der Waals surface area contributed by atoms with Gasteiger partial charge in [-0.25, -0.2) is 13.4 Å². The van der Waals surface area contributed by atoms with E-state index in [-0.39, 0.29) is 16.7 Å². The maximum atomic E-state index is 12.9. The number of sulfonamides is 1. The Morgan fingerprint density at radius 3 is 2.64 bits per heavy atom. The van der Waals surface area contributed by atoms with Crippen LogP contribution in [0, 0.1) is 5.92 Å². The van der Waals surface area contributed by atoms with Crippen LogP contribution >= 0.6 is 11.3 Å². The number of rotatable bonds is 5. The average Bonchev–Trinajstić information content (AvgIpc) is 3.29. The van der Waals surface area contributed by atoms with Crippen molar-refractivity contribution in [1.29, 1.82) is 0 Å². The lowest BCUT2D eigenvalue weighted by Crippen LogP contribution is -2.41. The maximum Gasteiger partial charge on any atom is 0.244 e. The van der Waals surface area contributed by atoms with E-state index in [0.717, 1.165) is 34.1 Å². The number of carbonyl (C=O) groups is 1. The fraction of sp³-hybridized carbons (Fsp3) is 0.409. The van der Waals surface area contributed by atoms with Crippen molar-refractivity contribution < 1.29 is 17.9 Å². The van der Waals surface area contributed by atoms with Crippen molar-refractivity contribution in [2.24, 2.45) is 5.92 Å². The summed E-state index contributed by atoms with van der Waals surface area (Å²) in [6, 6.07) is 8.90. The first-order chi connectivity index (χ1) is 16.0. The molecule has 174 valence electrons. The van der Waals surface area contributed by atoms with Crippen LogP contribution < -0.4 is 10.2 Å². The lowest BCUT2D eigenvalue weighted by molar-refractivity contribution is -0.120. The number of carbonyl (C=O) groups excluding carboxylic acids is 1. The topological polar surface area (TPSA) is 105 Å². The first-order valence-electron chi connectivity index (χ1n) is 10.9. The van der Waals surface area contributed by atoms with E-state index in [1.165, 1.54) is 10.5 Å². The molecule has 2 saturated heterocycles. The van der Waals surface area contributed by atoms with E-state index in [4.69, 9.17) is 9.72 Å². The molecule has 0 atom stereocenters. The highest BCUT2D eigenvalue weighted by atomic mass is 32.2. The van der Waals surface area contributed by atoms with Crippen molar-refractivity contribution >= 4 is 48.3 Å². The molecule has 1 N–H and O–H groups in total. The largest absolute Gasteiger partial charge is 0.378 e. The molecule has 0 bridgehead atoms. The zero-order valence-electron chi connectivity index (χ0n) is 18.0. The smallest absolute Gasteiger partial charge is 0.244 e. The second-order valence-corrected chi connectivity index (χ2v) is 11.1. The van der Waals surface area contributed by atoms with E-state index in [1.54, 1.807) is 29.7 Å². The molecule has 5 rings (SSSR count). The number of anilines is 2. The first kappa shape index (κ1) is 22.2. The summed E-state index contributed by atoms with van der Waals surface area (Å²) in [6.45, 7) is 3.70. The third kappa shape index (κ3) is 4.72. The number of fused-ring (bicyclic) bond motifs is 1. The van der Waals surface area contributed by atoms with Crippen molar-refractivity contribution in [1.82, 2.24) is 14.3 Å². The van der Waals surface area contributed by atoms with Crippen LogP contribution in [0.15, 0.2) is 47.6 Å². The van der Waals surface area contributed by atoms with Gasteiger partial charge in [-0.3, -0.25) is 9.78 Å². The molecule has 2 aliphatic heterocycles. The predicted molar refractivity (Wildman–Crippen MR) is 127 cm³/mol. The number of piperidine rings is 1. The first-order valence-corrected chi connectivity index (χ1v) is 13.2. The van der Waals surface area contributed by atoms with Crippen molar-refractivity contribution in [3.05, 3.63) is 42.7 Å². The zero-order chi connectivity index (χ0) is 22.8. The number of ether oxygens (including phenoxy) is 1. The van der Waals surface area contributed by atoms with Crippen LogP contribution in [0.2, 0.25) is 0 Å². The standard InChI is InChI=1S/C22H25N5O4S2/c28-21(16-5-8-27(9-6-16)33(29,30)18-2-1-7-23-15-18)24-17-3-4-19-20(14-17)32-22(25-19)26-10-12-31-13-11-26/h1-4,7,14-16H,5-6,8-13H2,(H,24,28). The summed E-state index contributed by atoms with van der Waals surface area (Å²) < 4.78 is 33.4.